The van der Waals surface area contributed by atoms with Crippen LogP contribution in [0.2, 0.25) is 0 Å². The number of aromatic nitrogens is 1. The first-order chi connectivity index (χ1) is 8.37. The van der Waals surface area contributed by atoms with Gasteiger partial charge in [0.15, 0.2) is 9.84 Å². The Morgan fingerprint density at radius 1 is 1.56 bits per heavy atom. The van der Waals surface area contributed by atoms with E-state index in [9.17, 15) is 17.6 Å². The third kappa shape index (κ3) is 2.84. The molecule has 1 N–H and O–H groups in total. The molecule has 7 heteroatoms. The van der Waals surface area contributed by atoms with Gasteiger partial charge in [-0.25, -0.2) is 17.8 Å². The Bertz CT molecular complexity index is 586. The minimum Gasteiger partial charge on any atom is -0.347 e. The third-order valence-corrected chi connectivity index (χ3v) is 4.60. The van der Waals surface area contributed by atoms with Gasteiger partial charge in [0.1, 0.15) is 11.5 Å². The molecule has 0 bridgehead atoms. The summed E-state index contributed by atoms with van der Waals surface area (Å²) in [6.07, 6.45) is 1.38. The van der Waals surface area contributed by atoms with Crippen LogP contribution in [0.1, 0.15) is 22.5 Å². The highest BCUT2D eigenvalue weighted by atomic mass is 32.2. The fourth-order valence-electron chi connectivity index (χ4n) is 1.94. The molecule has 1 aliphatic heterocycles. The van der Waals surface area contributed by atoms with Gasteiger partial charge in [0.25, 0.3) is 5.91 Å². The monoisotopic (exact) mass is 272 g/mol. The molecule has 98 valence electrons. The van der Waals surface area contributed by atoms with Crippen LogP contribution in [0.5, 0.6) is 0 Å². The minimum absolute atomic E-state index is 0.0427. The molecular weight excluding hydrogens is 259 g/mol. The molecule has 1 amide bonds. The van der Waals surface area contributed by atoms with Crippen LogP contribution in [-0.4, -0.2) is 36.9 Å². The fraction of sp³-hybridized carbons (Fsp3) is 0.455. The summed E-state index contributed by atoms with van der Waals surface area (Å²) in [5, 5.41) is 2.61. The number of hydrogen-bond donors (Lipinski definition) is 1. The highest BCUT2D eigenvalue weighted by Crippen LogP contribution is 2.13. The van der Waals surface area contributed by atoms with Crippen molar-refractivity contribution in [1.82, 2.24) is 10.3 Å². The smallest absolute Gasteiger partial charge is 0.270 e. The molecule has 2 heterocycles. The summed E-state index contributed by atoms with van der Waals surface area (Å²) in [6.45, 7) is 1.58. The van der Waals surface area contributed by atoms with Crippen LogP contribution in [0, 0.1) is 12.7 Å². The molecule has 1 saturated heterocycles. The van der Waals surface area contributed by atoms with Crippen LogP contribution in [-0.2, 0) is 9.84 Å². The average molecular weight is 272 g/mol. The minimum atomic E-state index is -3.04. The van der Waals surface area contributed by atoms with E-state index in [2.05, 4.69) is 10.3 Å². The van der Waals surface area contributed by atoms with E-state index in [-0.39, 0.29) is 23.2 Å². The second-order valence-electron chi connectivity index (χ2n) is 4.39. The molecule has 0 aromatic carbocycles. The van der Waals surface area contributed by atoms with E-state index in [4.69, 9.17) is 0 Å². The van der Waals surface area contributed by atoms with Crippen LogP contribution < -0.4 is 5.32 Å². The molecule has 0 spiro atoms. The van der Waals surface area contributed by atoms with Gasteiger partial charge in [-0.2, -0.15) is 0 Å². The molecule has 1 fully saturated rings. The number of nitrogens with one attached hydrogen (secondary N) is 1. The van der Waals surface area contributed by atoms with E-state index in [1.807, 2.05) is 0 Å². The van der Waals surface area contributed by atoms with Gasteiger partial charge in [0.2, 0.25) is 0 Å². The van der Waals surface area contributed by atoms with Crippen LogP contribution in [0.15, 0.2) is 12.3 Å². The Kier molecular flexibility index (Phi) is 3.34. The summed E-state index contributed by atoms with van der Waals surface area (Å²) >= 11 is 0. The number of halogens is 1. The molecule has 18 heavy (non-hydrogen) atoms. The Hall–Kier alpha value is -1.50. The highest BCUT2D eigenvalue weighted by Gasteiger charge is 2.29. The Balaban J connectivity index is 2.09. The summed E-state index contributed by atoms with van der Waals surface area (Å²) < 4.78 is 35.4. The second-order valence-corrected chi connectivity index (χ2v) is 6.62. The van der Waals surface area contributed by atoms with Crippen molar-refractivity contribution < 1.29 is 17.6 Å². The maximum absolute atomic E-state index is 12.8. The van der Waals surface area contributed by atoms with Crippen molar-refractivity contribution in [2.24, 2.45) is 0 Å². The third-order valence-electron chi connectivity index (χ3n) is 2.83. The number of pyridine rings is 1. The van der Waals surface area contributed by atoms with E-state index in [0.717, 1.165) is 6.20 Å². The van der Waals surface area contributed by atoms with Crippen molar-refractivity contribution in [3.05, 3.63) is 29.3 Å². The molecule has 5 nitrogen and oxygen atoms in total. The van der Waals surface area contributed by atoms with Gasteiger partial charge in [-0.15, -0.1) is 0 Å². The van der Waals surface area contributed by atoms with Gasteiger partial charge < -0.3 is 5.32 Å². The highest BCUT2D eigenvalue weighted by molar-refractivity contribution is 7.91. The molecule has 1 aliphatic rings. The van der Waals surface area contributed by atoms with E-state index < -0.39 is 21.6 Å². The Morgan fingerprint density at radius 2 is 2.28 bits per heavy atom. The zero-order valence-electron chi connectivity index (χ0n) is 9.81. The number of nitrogens with zero attached hydrogens (tertiary/aromatic N) is 1. The van der Waals surface area contributed by atoms with E-state index in [1.54, 1.807) is 6.92 Å². The van der Waals surface area contributed by atoms with Gasteiger partial charge in [-0.3, -0.25) is 4.79 Å². The van der Waals surface area contributed by atoms with Crippen molar-refractivity contribution in [1.29, 1.82) is 0 Å². The fourth-order valence-corrected chi connectivity index (χ4v) is 3.61. The summed E-state index contributed by atoms with van der Waals surface area (Å²) in [5.74, 6) is -0.922. The van der Waals surface area contributed by atoms with Crippen molar-refractivity contribution in [2.75, 3.05) is 11.5 Å². The lowest BCUT2D eigenvalue weighted by molar-refractivity contribution is 0.0935. The number of carbonyl (C=O) groups excluding carboxylic acids is 1. The van der Waals surface area contributed by atoms with Crippen molar-refractivity contribution in [3.63, 3.8) is 0 Å². The van der Waals surface area contributed by atoms with Crippen molar-refractivity contribution >= 4 is 15.7 Å². The number of carbonyl (C=O) groups is 1. The summed E-state index contributed by atoms with van der Waals surface area (Å²) in [4.78, 5) is 15.6. The number of sulfone groups is 1. The van der Waals surface area contributed by atoms with Gasteiger partial charge >= 0.3 is 0 Å². The molecule has 2 rings (SSSR count). The number of rotatable bonds is 2. The van der Waals surface area contributed by atoms with E-state index in [1.165, 1.54) is 6.07 Å². The first-order valence-corrected chi connectivity index (χ1v) is 7.33. The van der Waals surface area contributed by atoms with Crippen LogP contribution >= 0.6 is 0 Å². The van der Waals surface area contributed by atoms with Crippen LogP contribution in [0.3, 0.4) is 0 Å². The summed E-state index contributed by atoms with van der Waals surface area (Å²) in [7, 11) is -3.04. The zero-order chi connectivity index (χ0) is 13.3. The molecular formula is C11H13FN2O3S. The maximum atomic E-state index is 12.8. The Morgan fingerprint density at radius 3 is 2.83 bits per heavy atom. The van der Waals surface area contributed by atoms with E-state index >= 15 is 0 Å². The normalized spacial score (nSPS) is 21.8. The largest absolute Gasteiger partial charge is 0.347 e. The molecule has 1 atom stereocenters. The molecule has 1 unspecified atom stereocenters. The topological polar surface area (TPSA) is 76.1 Å². The van der Waals surface area contributed by atoms with Gasteiger partial charge in [0.05, 0.1) is 17.7 Å². The predicted molar refractivity (Wildman–Crippen MR) is 63.5 cm³/mol. The van der Waals surface area contributed by atoms with Crippen LogP contribution in [0.25, 0.3) is 0 Å². The van der Waals surface area contributed by atoms with Gasteiger partial charge in [-0.1, -0.05) is 0 Å². The van der Waals surface area contributed by atoms with Crippen LogP contribution in [0.4, 0.5) is 4.39 Å². The average Bonchev–Trinajstić information content (AvgIpc) is 2.57. The van der Waals surface area contributed by atoms with Crippen molar-refractivity contribution in [3.8, 4) is 0 Å². The lowest BCUT2D eigenvalue weighted by atomic mass is 10.2. The molecule has 0 aliphatic carbocycles. The molecule has 1 aromatic heterocycles. The maximum Gasteiger partial charge on any atom is 0.270 e. The summed E-state index contributed by atoms with van der Waals surface area (Å²) in [6, 6.07) is 0.835. The quantitative estimate of drug-likeness (QED) is 0.848. The van der Waals surface area contributed by atoms with Crippen molar-refractivity contribution in [2.45, 2.75) is 19.4 Å². The van der Waals surface area contributed by atoms with Gasteiger partial charge in [-0.05, 0) is 25.0 Å². The SMILES string of the molecule is Cc1cc(F)cnc1C(=O)NC1CCS(=O)(=O)C1. The van der Waals surface area contributed by atoms with E-state index in [0.29, 0.717) is 12.0 Å². The molecule has 0 radical (unpaired) electrons. The number of amides is 1. The lowest BCUT2D eigenvalue weighted by Crippen LogP contribution is -2.36. The molecule has 1 aromatic rings. The number of hydrogen-bond acceptors (Lipinski definition) is 4. The lowest BCUT2D eigenvalue weighted by Gasteiger charge is -2.11. The summed E-state index contributed by atoms with van der Waals surface area (Å²) in [5.41, 5.74) is 0.550. The molecule has 0 saturated carbocycles. The van der Waals surface area contributed by atoms with Gasteiger partial charge in [0, 0.05) is 6.04 Å². The standard InChI is InChI=1S/C11H13FN2O3S/c1-7-4-8(12)5-13-10(7)11(15)14-9-2-3-18(16,17)6-9/h4-5,9H,2-3,6H2,1H3,(H,14,15). The first-order valence-electron chi connectivity index (χ1n) is 5.51. The number of aryl methyl sites for hydroxylation is 1. The Labute approximate surface area is 104 Å². The second kappa shape index (κ2) is 4.64. The zero-order valence-corrected chi connectivity index (χ0v) is 10.6. The predicted octanol–water partition coefficient (Wildman–Crippen LogP) is 0.446. The first kappa shape index (κ1) is 12.9.